The minimum atomic E-state index is 0. The Bertz CT molecular complexity index is 532. The van der Waals surface area contributed by atoms with Crippen molar-refractivity contribution in [2.75, 3.05) is 0 Å². The molecule has 0 spiro atoms. The third-order valence-corrected chi connectivity index (χ3v) is 3.10. The van der Waals surface area contributed by atoms with Crippen molar-refractivity contribution in [3.8, 4) is 5.75 Å². The van der Waals surface area contributed by atoms with Gasteiger partial charge in [-0.15, -0.1) is 12.4 Å². The highest BCUT2D eigenvalue weighted by molar-refractivity contribution is 6.35. The summed E-state index contributed by atoms with van der Waals surface area (Å²) in [4.78, 5) is 0. The molecular weight excluding hydrogens is 305 g/mol. The Labute approximate surface area is 128 Å². The number of phenols is 1. The molecule has 5 heteroatoms. The summed E-state index contributed by atoms with van der Waals surface area (Å²) in [7, 11) is 0. The smallest absolute Gasteiger partial charge is 0.138 e. The van der Waals surface area contributed by atoms with Crippen molar-refractivity contribution in [3.63, 3.8) is 0 Å². The van der Waals surface area contributed by atoms with Gasteiger partial charge in [0.2, 0.25) is 0 Å². The summed E-state index contributed by atoms with van der Waals surface area (Å²) in [5, 5.41) is 13.8. The molecule has 0 radical (unpaired) electrons. The van der Waals surface area contributed by atoms with Crippen LogP contribution in [0.1, 0.15) is 11.1 Å². The number of rotatable bonds is 4. The normalized spacial score (nSPS) is 10.0. The zero-order chi connectivity index (χ0) is 13.0. The van der Waals surface area contributed by atoms with Crippen LogP contribution in [-0.2, 0) is 13.1 Å². The van der Waals surface area contributed by atoms with E-state index in [4.69, 9.17) is 23.2 Å². The quantitative estimate of drug-likeness (QED) is 0.875. The van der Waals surface area contributed by atoms with Crippen molar-refractivity contribution < 1.29 is 5.11 Å². The standard InChI is InChI=1S/C14H13Cl2NO.ClH/c15-12-6-11(14(18)13(16)7-12)9-17-8-10-4-2-1-3-5-10;/h1-7,17-18H,8-9H2;1H. The first-order valence-electron chi connectivity index (χ1n) is 5.58. The minimum Gasteiger partial charge on any atom is -0.506 e. The van der Waals surface area contributed by atoms with E-state index in [1.165, 1.54) is 11.6 Å². The number of hydrogen-bond donors (Lipinski definition) is 2. The molecule has 0 saturated heterocycles. The molecule has 0 atom stereocenters. The van der Waals surface area contributed by atoms with Crippen molar-refractivity contribution in [1.29, 1.82) is 0 Å². The second-order valence-corrected chi connectivity index (χ2v) is 4.83. The summed E-state index contributed by atoms with van der Waals surface area (Å²) in [6.07, 6.45) is 0. The van der Waals surface area contributed by atoms with E-state index in [0.717, 1.165) is 6.54 Å². The van der Waals surface area contributed by atoms with Gasteiger partial charge in [0.25, 0.3) is 0 Å². The van der Waals surface area contributed by atoms with Crippen LogP contribution in [0.5, 0.6) is 5.75 Å². The fourth-order valence-electron chi connectivity index (χ4n) is 1.69. The lowest BCUT2D eigenvalue weighted by atomic mass is 10.2. The molecule has 0 saturated carbocycles. The molecule has 2 rings (SSSR count). The number of phenolic OH excluding ortho intramolecular Hbond substituents is 1. The zero-order valence-corrected chi connectivity index (χ0v) is 12.4. The first-order valence-corrected chi connectivity index (χ1v) is 6.34. The van der Waals surface area contributed by atoms with Crippen LogP contribution >= 0.6 is 35.6 Å². The molecule has 2 N–H and O–H groups in total. The monoisotopic (exact) mass is 317 g/mol. The summed E-state index contributed by atoms with van der Waals surface area (Å²) < 4.78 is 0. The first kappa shape index (κ1) is 16.1. The lowest BCUT2D eigenvalue weighted by Crippen LogP contribution is -2.12. The average molecular weight is 319 g/mol. The fraction of sp³-hybridized carbons (Fsp3) is 0.143. The molecule has 2 nitrogen and oxygen atoms in total. The number of halogens is 3. The minimum absolute atomic E-state index is 0. The number of nitrogens with one attached hydrogen (secondary N) is 1. The van der Waals surface area contributed by atoms with Crippen LogP contribution in [-0.4, -0.2) is 5.11 Å². The van der Waals surface area contributed by atoms with Gasteiger partial charge in [0.1, 0.15) is 5.75 Å². The lowest BCUT2D eigenvalue weighted by molar-refractivity contribution is 0.464. The van der Waals surface area contributed by atoms with Crippen molar-refractivity contribution in [1.82, 2.24) is 5.32 Å². The molecule has 19 heavy (non-hydrogen) atoms. The summed E-state index contributed by atoms with van der Waals surface area (Å²) in [5.41, 5.74) is 1.88. The molecule has 102 valence electrons. The Morgan fingerprint density at radius 2 is 1.68 bits per heavy atom. The van der Waals surface area contributed by atoms with Gasteiger partial charge >= 0.3 is 0 Å². The molecule has 0 bridgehead atoms. The Balaban J connectivity index is 0.00000180. The molecule has 0 unspecified atom stereocenters. The van der Waals surface area contributed by atoms with Crippen molar-refractivity contribution >= 4 is 35.6 Å². The van der Waals surface area contributed by atoms with Gasteiger partial charge in [-0.1, -0.05) is 53.5 Å². The van der Waals surface area contributed by atoms with Crippen molar-refractivity contribution in [3.05, 3.63) is 63.6 Å². The summed E-state index contributed by atoms with van der Waals surface area (Å²) in [6.45, 7) is 1.24. The summed E-state index contributed by atoms with van der Waals surface area (Å²) in [6, 6.07) is 13.3. The summed E-state index contributed by atoms with van der Waals surface area (Å²) in [5.74, 6) is 0.0848. The molecule has 0 aliphatic heterocycles. The van der Waals surface area contributed by atoms with E-state index in [1.54, 1.807) is 6.07 Å². The maximum Gasteiger partial charge on any atom is 0.138 e. The van der Waals surface area contributed by atoms with Crippen LogP contribution < -0.4 is 5.32 Å². The number of hydrogen-bond acceptors (Lipinski definition) is 2. The largest absolute Gasteiger partial charge is 0.506 e. The topological polar surface area (TPSA) is 32.3 Å². The second-order valence-electron chi connectivity index (χ2n) is 3.98. The third kappa shape index (κ3) is 4.59. The lowest BCUT2D eigenvalue weighted by Gasteiger charge is -2.09. The summed E-state index contributed by atoms with van der Waals surface area (Å²) >= 11 is 11.7. The predicted octanol–water partition coefficient (Wildman–Crippen LogP) is 4.41. The van der Waals surface area contributed by atoms with E-state index in [2.05, 4.69) is 5.32 Å². The van der Waals surface area contributed by atoms with Crippen LogP contribution in [0.2, 0.25) is 10.0 Å². The zero-order valence-electron chi connectivity index (χ0n) is 10.1. The average Bonchev–Trinajstić information content (AvgIpc) is 2.36. The van der Waals surface area contributed by atoms with E-state index < -0.39 is 0 Å². The molecule has 2 aromatic rings. The maximum absolute atomic E-state index is 9.79. The molecule has 0 heterocycles. The third-order valence-electron chi connectivity index (χ3n) is 2.59. The highest BCUT2D eigenvalue weighted by Gasteiger charge is 2.07. The fourth-order valence-corrected chi connectivity index (χ4v) is 2.23. The van der Waals surface area contributed by atoms with Crippen LogP contribution in [0, 0.1) is 0 Å². The van der Waals surface area contributed by atoms with E-state index in [9.17, 15) is 5.11 Å². The van der Waals surface area contributed by atoms with Crippen molar-refractivity contribution in [2.24, 2.45) is 0 Å². The highest BCUT2D eigenvalue weighted by atomic mass is 35.5. The Morgan fingerprint density at radius 1 is 1.00 bits per heavy atom. The Morgan fingerprint density at radius 3 is 2.37 bits per heavy atom. The highest BCUT2D eigenvalue weighted by Crippen LogP contribution is 2.30. The first-order chi connectivity index (χ1) is 8.66. The van der Waals surface area contributed by atoms with Gasteiger partial charge in [-0.3, -0.25) is 0 Å². The van der Waals surface area contributed by atoms with Gasteiger partial charge < -0.3 is 10.4 Å². The Hall–Kier alpha value is -0.930. The second kappa shape index (κ2) is 7.61. The number of aromatic hydroxyl groups is 1. The molecular formula is C14H14Cl3NO. The van der Waals surface area contributed by atoms with Crippen molar-refractivity contribution in [2.45, 2.75) is 13.1 Å². The van der Waals surface area contributed by atoms with Gasteiger partial charge in [-0.2, -0.15) is 0 Å². The molecule has 0 aromatic heterocycles. The van der Waals surface area contributed by atoms with Gasteiger partial charge in [-0.05, 0) is 17.7 Å². The Kier molecular flexibility index (Phi) is 6.46. The van der Waals surface area contributed by atoms with Gasteiger partial charge in [0, 0.05) is 23.7 Å². The van der Waals surface area contributed by atoms with E-state index in [0.29, 0.717) is 17.1 Å². The maximum atomic E-state index is 9.79. The van der Waals surface area contributed by atoms with E-state index in [-0.39, 0.29) is 23.2 Å². The van der Waals surface area contributed by atoms with Crippen LogP contribution in [0.3, 0.4) is 0 Å². The van der Waals surface area contributed by atoms with Crippen LogP contribution in [0.15, 0.2) is 42.5 Å². The van der Waals surface area contributed by atoms with Gasteiger partial charge in [0.05, 0.1) is 5.02 Å². The predicted molar refractivity (Wildman–Crippen MR) is 82.4 cm³/mol. The molecule has 0 amide bonds. The SMILES string of the molecule is Cl.Oc1c(Cl)cc(Cl)cc1CNCc1ccccc1. The van der Waals surface area contributed by atoms with Gasteiger partial charge in [0.15, 0.2) is 0 Å². The van der Waals surface area contributed by atoms with Crippen LogP contribution in [0.4, 0.5) is 0 Å². The molecule has 2 aromatic carbocycles. The molecule has 0 aliphatic rings. The van der Waals surface area contributed by atoms with E-state index >= 15 is 0 Å². The van der Waals surface area contributed by atoms with E-state index in [1.807, 2.05) is 30.3 Å². The molecule has 0 fully saturated rings. The number of benzene rings is 2. The molecule has 0 aliphatic carbocycles. The van der Waals surface area contributed by atoms with Crippen LogP contribution in [0.25, 0.3) is 0 Å². The van der Waals surface area contributed by atoms with Gasteiger partial charge in [-0.25, -0.2) is 0 Å².